The molecule has 0 aliphatic carbocycles. The van der Waals surface area contributed by atoms with E-state index in [-0.39, 0.29) is 17.7 Å². The first-order valence-electron chi connectivity index (χ1n) is 5.53. The highest BCUT2D eigenvalue weighted by molar-refractivity contribution is 7.90. The van der Waals surface area contributed by atoms with Crippen LogP contribution in [0.15, 0.2) is 0 Å². The number of hydrogen-bond acceptors (Lipinski definition) is 4. The maximum atomic E-state index is 11.2. The van der Waals surface area contributed by atoms with Gasteiger partial charge in [-0.25, -0.2) is 8.42 Å². The van der Waals surface area contributed by atoms with Crippen molar-refractivity contribution in [1.82, 2.24) is 10.6 Å². The minimum absolute atomic E-state index is 0.000839. The molecule has 0 aromatic heterocycles. The number of hydrogen-bond donors (Lipinski definition) is 2. The second kappa shape index (κ2) is 7.62. The van der Waals surface area contributed by atoms with E-state index in [1.54, 1.807) is 6.92 Å². The molecule has 16 heavy (non-hydrogen) atoms. The Balaban J connectivity index is 3.62. The highest BCUT2D eigenvalue weighted by Gasteiger charge is 2.10. The zero-order valence-corrected chi connectivity index (χ0v) is 11.1. The maximum absolute atomic E-state index is 11.2. The van der Waals surface area contributed by atoms with E-state index in [2.05, 4.69) is 10.6 Å². The molecule has 6 heteroatoms. The molecule has 0 bridgehead atoms. The lowest BCUT2D eigenvalue weighted by molar-refractivity contribution is -0.120. The van der Waals surface area contributed by atoms with Gasteiger partial charge in [0.2, 0.25) is 5.91 Å². The topological polar surface area (TPSA) is 75.3 Å². The molecule has 1 atom stereocenters. The highest BCUT2D eigenvalue weighted by atomic mass is 32.2. The molecule has 0 aliphatic rings. The largest absolute Gasteiger partial charge is 0.356 e. The number of carbonyl (C=O) groups excluding carboxylic acids is 1. The summed E-state index contributed by atoms with van der Waals surface area (Å²) in [4.78, 5) is 11.2. The van der Waals surface area contributed by atoms with E-state index in [0.29, 0.717) is 19.5 Å². The monoisotopic (exact) mass is 250 g/mol. The molecule has 1 amide bonds. The number of nitrogens with one attached hydrogen (secondary N) is 2. The van der Waals surface area contributed by atoms with Crippen LogP contribution in [0.25, 0.3) is 0 Å². The van der Waals surface area contributed by atoms with Crippen molar-refractivity contribution in [2.24, 2.45) is 0 Å². The first-order valence-corrected chi connectivity index (χ1v) is 7.59. The van der Waals surface area contributed by atoms with Crippen molar-refractivity contribution in [1.29, 1.82) is 0 Å². The molecule has 0 fully saturated rings. The van der Waals surface area contributed by atoms with Gasteiger partial charge in [0.1, 0.15) is 9.84 Å². The zero-order valence-electron chi connectivity index (χ0n) is 10.2. The van der Waals surface area contributed by atoms with Crippen LogP contribution in [0.1, 0.15) is 26.7 Å². The normalized spacial score (nSPS) is 13.4. The average Bonchev–Trinajstić information content (AvgIpc) is 2.11. The summed E-state index contributed by atoms with van der Waals surface area (Å²) >= 11 is 0. The smallest absolute Gasteiger partial charge is 0.221 e. The molecule has 0 aromatic rings. The van der Waals surface area contributed by atoms with Gasteiger partial charge in [0.15, 0.2) is 0 Å². The van der Waals surface area contributed by atoms with Gasteiger partial charge in [-0.2, -0.15) is 0 Å². The average molecular weight is 250 g/mol. The van der Waals surface area contributed by atoms with Crippen LogP contribution in [0.2, 0.25) is 0 Å². The summed E-state index contributed by atoms with van der Waals surface area (Å²) in [5.74, 6) is 0.102. The molecule has 2 N–H and O–H groups in total. The van der Waals surface area contributed by atoms with E-state index in [1.165, 1.54) is 6.26 Å². The minimum atomic E-state index is -2.95. The van der Waals surface area contributed by atoms with Crippen molar-refractivity contribution in [2.45, 2.75) is 32.7 Å². The first-order chi connectivity index (χ1) is 7.35. The van der Waals surface area contributed by atoms with Gasteiger partial charge >= 0.3 is 0 Å². The number of carbonyl (C=O) groups is 1. The van der Waals surface area contributed by atoms with Crippen LogP contribution in [-0.4, -0.2) is 45.5 Å². The van der Waals surface area contributed by atoms with Crippen molar-refractivity contribution < 1.29 is 13.2 Å². The Hall–Kier alpha value is -0.620. The van der Waals surface area contributed by atoms with Crippen LogP contribution >= 0.6 is 0 Å². The summed E-state index contributed by atoms with van der Waals surface area (Å²) < 4.78 is 21.9. The summed E-state index contributed by atoms with van der Waals surface area (Å²) in [6.07, 6.45) is 2.51. The highest BCUT2D eigenvalue weighted by Crippen LogP contribution is 1.90. The Kier molecular flexibility index (Phi) is 7.33. The summed E-state index contributed by atoms with van der Waals surface area (Å²) in [7, 11) is -2.95. The van der Waals surface area contributed by atoms with Gasteiger partial charge < -0.3 is 10.6 Å². The molecule has 0 spiro atoms. The second-order valence-corrected chi connectivity index (χ2v) is 6.23. The SMILES string of the molecule is CCCNC(=O)CCNC(C)CS(C)(=O)=O. The summed E-state index contributed by atoms with van der Waals surface area (Å²) in [5.41, 5.74) is 0. The van der Waals surface area contributed by atoms with E-state index < -0.39 is 9.84 Å². The Morgan fingerprint density at radius 1 is 1.31 bits per heavy atom. The minimum Gasteiger partial charge on any atom is -0.356 e. The van der Waals surface area contributed by atoms with Gasteiger partial charge in [0, 0.05) is 31.8 Å². The van der Waals surface area contributed by atoms with Gasteiger partial charge in [-0.1, -0.05) is 6.92 Å². The van der Waals surface area contributed by atoms with Gasteiger partial charge in [-0.15, -0.1) is 0 Å². The van der Waals surface area contributed by atoms with Gasteiger partial charge in [-0.3, -0.25) is 4.79 Å². The van der Waals surface area contributed by atoms with Crippen LogP contribution < -0.4 is 10.6 Å². The van der Waals surface area contributed by atoms with Gasteiger partial charge in [-0.05, 0) is 13.3 Å². The Morgan fingerprint density at radius 2 is 1.94 bits per heavy atom. The Labute approximate surface area is 97.9 Å². The van der Waals surface area contributed by atoms with E-state index in [0.717, 1.165) is 6.42 Å². The molecule has 0 aliphatic heterocycles. The summed E-state index contributed by atoms with van der Waals surface area (Å²) in [6.45, 7) is 4.99. The van der Waals surface area contributed by atoms with Crippen molar-refractivity contribution in [3.05, 3.63) is 0 Å². The molecule has 0 rings (SSSR count). The van der Waals surface area contributed by atoms with Gasteiger partial charge in [0.05, 0.1) is 5.75 Å². The third-order valence-corrected chi connectivity index (χ3v) is 3.08. The fourth-order valence-electron chi connectivity index (χ4n) is 1.30. The van der Waals surface area contributed by atoms with Crippen LogP contribution in [-0.2, 0) is 14.6 Å². The molecule has 1 unspecified atom stereocenters. The molecule has 0 saturated carbocycles. The molecule has 0 saturated heterocycles. The van der Waals surface area contributed by atoms with Crippen LogP contribution in [0, 0.1) is 0 Å². The number of rotatable bonds is 8. The molecule has 0 heterocycles. The third-order valence-electron chi connectivity index (χ3n) is 1.97. The predicted octanol–water partition coefficient (Wildman–Crippen LogP) is -0.0746. The summed E-state index contributed by atoms with van der Waals surface area (Å²) in [5, 5.41) is 5.76. The van der Waals surface area contributed by atoms with E-state index in [9.17, 15) is 13.2 Å². The standard InChI is InChI=1S/C10H22N2O3S/c1-4-6-12-10(13)5-7-11-9(2)8-16(3,14)15/h9,11H,4-8H2,1-3H3,(H,12,13). The van der Waals surface area contributed by atoms with E-state index in [4.69, 9.17) is 0 Å². The lowest BCUT2D eigenvalue weighted by atomic mass is 10.3. The molecular weight excluding hydrogens is 228 g/mol. The van der Waals surface area contributed by atoms with Crippen molar-refractivity contribution in [3.63, 3.8) is 0 Å². The van der Waals surface area contributed by atoms with Crippen molar-refractivity contribution in [2.75, 3.05) is 25.1 Å². The molecular formula is C10H22N2O3S. The van der Waals surface area contributed by atoms with Crippen LogP contribution in [0.5, 0.6) is 0 Å². The summed E-state index contributed by atoms with van der Waals surface area (Å²) in [6, 6.07) is -0.117. The molecule has 0 aromatic carbocycles. The fraction of sp³-hybridized carbons (Fsp3) is 0.900. The second-order valence-electron chi connectivity index (χ2n) is 4.05. The number of sulfone groups is 1. The third kappa shape index (κ3) is 9.92. The first kappa shape index (κ1) is 15.4. The lowest BCUT2D eigenvalue weighted by Crippen LogP contribution is -2.35. The Morgan fingerprint density at radius 3 is 2.44 bits per heavy atom. The maximum Gasteiger partial charge on any atom is 0.221 e. The lowest BCUT2D eigenvalue weighted by Gasteiger charge is -2.12. The van der Waals surface area contributed by atoms with Crippen LogP contribution in [0.4, 0.5) is 0 Å². The van der Waals surface area contributed by atoms with Crippen molar-refractivity contribution in [3.8, 4) is 0 Å². The number of amides is 1. The Bertz CT molecular complexity index is 301. The fourth-order valence-corrected chi connectivity index (χ4v) is 2.32. The predicted molar refractivity (Wildman–Crippen MR) is 65.1 cm³/mol. The quantitative estimate of drug-likeness (QED) is 0.632. The van der Waals surface area contributed by atoms with Gasteiger partial charge in [0.25, 0.3) is 0 Å². The van der Waals surface area contributed by atoms with Crippen molar-refractivity contribution >= 4 is 15.7 Å². The molecule has 5 nitrogen and oxygen atoms in total. The van der Waals surface area contributed by atoms with Crippen LogP contribution in [0.3, 0.4) is 0 Å². The molecule has 0 radical (unpaired) electrons. The van der Waals surface area contributed by atoms with E-state index >= 15 is 0 Å². The zero-order chi connectivity index (χ0) is 12.6. The molecule has 96 valence electrons. The van der Waals surface area contributed by atoms with E-state index in [1.807, 2.05) is 6.92 Å².